The van der Waals surface area contributed by atoms with Gasteiger partial charge in [-0.1, -0.05) is 11.8 Å². The Morgan fingerprint density at radius 3 is 2.78 bits per heavy atom. The van der Waals surface area contributed by atoms with Crippen molar-refractivity contribution in [2.75, 3.05) is 19.8 Å². The van der Waals surface area contributed by atoms with Crippen molar-refractivity contribution in [3.8, 4) is 17.6 Å². The van der Waals surface area contributed by atoms with E-state index in [4.69, 9.17) is 14.6 Å². The van der Waals surface area contributed by atoms with Gasteiger partial charge in [0.15, 0.2) is 11.6 Å². The Labute approximate surface area is 107 Å². The van der Waals surface area contributed by atoms with Crippen molar-refractivity contribution in [1.29, 1.82) is 0 Å². The lowest BCUT2D eigenvalue weighted by Gasteiger charge is -2.10. The van der Waals surface area contributed by atoms with Crippen LogP contribution in [-0.4, -0.2) is 31.0 Å². The van der Waals surface area contributed by atoms with Gasteiger partial charge >= 0.3 is 0 Å². The van der Waals surface area contributed by atoms with E-state index in [1.54, 1.807) is 0 Å². The average Bonchev–Trinajstić information content (AvgIpc) is 2.34. The summed E-state index contributed by atoms with van der Waals surface area (Å²) >= 11 is 0. The second kappa shape index (κ2) is 7.70. The highest BCUT2D eigenvalue weighted by atomic mass is 19.1. The molecule has 0 aromatic heterocycles. The van der Waals surface area contributed by atoms with E-state index in [9.17, 15) is 4.39 Å². The van der Waals surface area contributed by atoms with Gasteiger partial charge in [0.05, 0.1) is 12.7 Å². The molecular formula is C14H17FO3. The number of hydrogen-bond donors (Lipinski definition) is 1. The van der Waals surface area contributed by atoms with Crippen LogP contribution >= 0.6 is 0 Å². The SMILES string of the molecule is CC(C)OCCOc1cc(C#CCO)ccc1F. The second-order valence-corrected chi connectivity index (χ2v) is 3.87. The van der Waals surface area contributed by atoms with Crippen molar-refractivity contribution in [1.82, 2.24) is 0 Å². The van der Waals surface area contributed by atoms with Crippen LogP contribution < -0.4 is 4.74 Å². The minimum Gasteiger partial charge on any atom is -0.488 e. The third kappa shape index (κ3) is 5.17. The molecule has 0 fully saturated rings. The molecule has 0 bridgehead atoms. The van der Waals surface area contributed by atoms with Crippen molar-refractivity contribution in [2.45, 2.75) is 20.0 Å². The molecule has 0 aliphatic carbocycles. The number of rotatable bonds is 5. The lowest BCUT2D eigenvalue weighted by Crippen LogP contribution is -2.11. The number of halogens is 1. The van der Waals surface area contributed by atoms with Crippen LogP contribution in [0, 0.1) is 17.7 Å². The molecule has 0 saturated heterocycles. The van der Waals surface area contributed by atoms with E-state index >= 15 is 0 Å². The van der Waals surface area contributed by atoms with Gasteiger partial charge in [0.2, 0.25) is 0 Å². The van der Waals surface area contributed by atoms with Crippen molar-refractivity contribution >= 4 is 0 Å². The maximum atomic E-state index is 13.4. The zero-order valence-corrected chi connectivity index (χ0v) is 10.6. The highest BCUT2D eigenvalue weighted by Crippen LogP contribution is 2.18. The molecule has 0 radical (unpaired) electrons. The molecule has 1 N–H and O–H groups in total. The Morgan fingerprint density at radius 2 is 2.11 bits per heavy atom. The Morgan fingerprint density at radius 1 is 1.33 bits per heavy atom. The Hall–Kier alpha value is -1.57. The normalized spacial score (nSPS) is 10.1. The summed E-state index contributed by atoms with van der Waals surface area (Å²) in [5, 5.41) is 8.58. The number of benzene rings is 1. The number of aliphatic hydroxyl groups excluding tert-OH is 1. The smallest absolute Gasteiger partial charge is 0.165 e. The van der Waals surface area contributed by atoms with Gasteiger partial charge in [-0.15, -0.1) is 0 Å². The summed E-state index contributed by atoms with van der Waals surface area (Å²) in [4.78, 5) is 0. The monoisotopic (exact) mass is 252 g/mol. The molecule has 98 valence electrons. The van der Waals surface area contributed by atoms with Crippen molar-refractivity contribution < 1.29 is 19.0 Å². The van der Waals surface area contributed by atoms with Gasteiger partial charge in [0.1, 0.15) is 13.2 Å². The number of aliphatic hydroxyl groups is 1. The predicted molar refractivity (Wildman–Crippen MR) is 66.9 cm³/mol. The summed E-state index contributed by atoms with van der Waals surface area (Å²) < 4.78 is 24.0. The predicted octanol–water partition coefficient (Wildman–Crippen LogP) is 1.97. The van der Waals surface area contributed by atoms with Crippen LogP contribution in [0.3, 0.4) is 0 Å². The van der Waals surface area contributed by atoms with Crippen LogP contribution in [0.2, 0.25) is 0 Å². The standard InChI is InChI=1S/C14H17FO3/c1-11(2)17-8-9-18-14-10-12(4-3-7-16)5-6-13(14)15/h5-6,10-11,16H,7-9H2,1-2H3. The fourth-order valence-electron chi connectivity index (χ4n) is 1.27. The topological polar surface area (TPSA) is 38.7 Å². The zero-order valence-electron chi connectivity index (χ0n) is 10.6. The van der Waals surface area contributed by atoms with E-state index in [2.05, 4.69) is 11.8 Å². The van der Waals surface area contributed by atoms with Crippen LogP contribution in [0.5, 0.6) is 5.75 Å². The lowest BCUT2D eigenvalue weighted by molar-refractivity contribution is 0.0544. The van der Waals surface area contributed by atoms with Gasteiger partial charge < -0.3 is 14.6 Å². The highest BCUT2D eigenvalue weighted by molar-refractivity contribution is 5.40. The Balaban J connectivity index is 2.58. The van der Waals surface area contributed by atoms with Crippen molar-refractivity contribution in [2.24, 2.45) is 0 Å². The number of ether oxygens (including phenoxy) is 2. The summed E-state index contributed by atoms with van der Waals surface area (Å²) in [5.74, 6) is 4.90. The molecule has 1 aromatic rings. The molecule has 0 heterocycles. The Bertz CT molecular complexity index is 432. The van der Waals surface area contributed by atoms with Crippen LogP contribution in [0.1, 0.15) is 19.4 Å². The van der Waals surface area contributed by atoms with E-state index in [0.29, 0.717) is 12.2 Å². The molecule has 0 saturated carbocycles. The molecule has 1 rings (SSSR count). The second-order valence-electron chi connectivity index (χ2n) is 3.87. The Kier molecular flexibility index (Phi) is 6.20. The highest BCUT2D eigenvalue weighted by Gasteiger charge is 2.04. The van der Waals surface area contributed by atoms with Gasteiger partial charge in [-0.25, -0.2) is 4.39 Å². The summed E-state index contributed by atoms with van der Waals surface area (Å²) in [6.45, 7) is 4.31. The maximum absolute atomic E-state index is 13.4. The van der Waals surface area contributed by atoms with Gasteiger partial charge in [-0.05, 0) is 32.0 Å². The molecule has 0 aliphatic heterocycles. The first-order valence-electron chi connectivity index (χ1n) is 5.77. The molecule has 0 atom stereocenters. The summed E-state index contributed by atoms with van der Waals surface area (Å²) in [6.07, 6.45) is 0.125. The molecule has 4 heteroatoms. The molecule has 0 unspecified atom stereocenters. The van der Waals surface area contributed by atoms with Crippen molar-refractivity contribution in [3.63, 3.8) is 0 Å². The minimum atomic E-state index is -0.436. The van der Waals surface area contributed by atoms with Crippen LogP contribution in [0.25, 0.3) is 0 Å². The maximum Gasteiger partial charge on any atom is 0.165 e. The fourth-order valence-corrected chi connectivity index (χ4v) is 1.27. The van der Waals surface area contributed by atoms with Crippen LogP contribution in [0.15, 0.2) is 18.2 Å². The van der Waals surface area contributed by atoms with Crippen molar-refractivity contribution in [3.05, 3.63) is 29.6 Å². The molecule has 18 heavy (non-hydrogen) atoms. The molecule has 1 aromatic carbocycles. The van der Waals surface area contributed by atoms with Gasteiger partial charge in [-0.3, -0.25) is 0 Å². The van der Waals surface area contributed by atoms with E-state index in [-0.39, 0.29) is 25.1 Å². The van der Waals surface area contributed by atoms with E-state index < -0.39 is 5.82 Å². The summed E-state index contributed by atoms with van der Waals surface area (Å²) in [7, 11) is 0. The fraction of sp³-hybridized carbons (Fsp3) is 0.429. The minimum absolute atomic E-state index is 0.125. The first-order chi connectivity index (χ1) is 8.63. The lowest BCUT2D eigenvalue weighted by atomic mass is 10.2. The number of hydrogen-bond acceptors (Lipinski definition) is 3. The first-order valence-corrected chi connectivity index (χ1v) is 5.77. The van der Waals surface area contributed by atoms with Crippen LogP contribution in [0.4, 0.5) is 4.39 Å². The van der Waals surface area contributed by atoms with E-state index in [0.717, 1.165) is 0 Å². The van der Waals surface area contributed by atoms with Crippen LogP contribution in [-0.2, 0) is 4.74 Å². The van der Waals surface area contributed by atoms with E-state index in [1.165, 1.54) is 18.2 Å². The quantitative estimate of drug-likeness (QED) is 0.643. The van der Waals surface area contributed by atoms with Gasteiger partial charge in [0, 0.05) is 5.56 Å². The molecule has 0 spiro atoms. The summed E-state index contributed by atoms with van der Waals surface area (Å²) in [5.41, 5.74) is 0.602. The largest absolute Gasteiger partial charge is 0.488 e. The van der Waals surface area contributed by atoms with Gasteiger partial charge in [0.25, 0.3) is 0 Å². The van der Waals surface area contributed by atoms with Gasteiger partial charge in [-0.2, -0.15) is 0 Å². The molecular weight excluding hydrogens is 235 g/mol. The zero-order chi connectivity index (χ0) is 13.4. The van der Waals surface area contributed by atoms with E-state index in [1.807, 2.05) is 13.8 Å². The summed E-state index contributed by atoms with van der Waals surface area (Å²) in [6, 6.07) is 4.34. The third-order valence-electron chi connectivity index (χ3n) is 2.04. The molecule has 3 nitrogen and oxygen atoms in total. The third-order valence-corrected chi connectivity index (χ3v) is 2.04. The average molecular weight is 252 g/mol. The molecule has 0 amide bonds. The first kappa shape index (κ1) is 14.5. The molecule has 0 aliphatic rings.